The van der Waals surface area contributed by atoms with Gasteiger partial charge in [0.05, 0.1) is 7.05 Å². The van der Waals surface area contributed by atoms with Crippen LogP contribution in [-0.2, 0) is 6.54 Å². The first-order valence-corrected chi connectivity index (χ1v) is 5.02. The molecule has 0 bridgehead atoms. The van der Waals surface area contributed by atoms with Crippen LogP contribution in [0.2, 0.25) is 0 Å². The molecule has 3 nitrogen and oxygen atoms in total. The van der Waals surface area contributed by atoms with Crippen molar-refractivity contribution in [2.75, 3.05) is 7.05 Å². The van der Waals surface area contributed by atoms with Crippen molar-refractivity contribution in [3.8, 4) is 11.1 Å². The summed E-state index contributed by atoms with van der Waals surface area (Å²) < 4.78 is 0. The van der Waals surface area contributed by atoms with E-state index in [1.807, 2.05) is 12.4 Å². The predicted octanol–water partition coefficient (Wildman–Crippen LogP) is 0.837. The second-order valence-electron chi connectivity index (χ2n) is 3.44. The van der Waals surface area contributed by atoms with E-state index in [2.05, 4.69) is 46.6 Å². The van der Waals surface area contributed by atoms with E-state index in [4.69, 9.17) is 0 Å². The Morgan fingerprint density at radius 3 is 2.67 bits per heavy atom. The number of nitrogens with two attached hydrogens (primary N) is 1. The monoisotopic (exact) mass is 200 g/mol. The summed E-state index contributed by atoms with van der Waals surface area (Å²) >= 11 is 0. The molecule has 15 heavy (non-hydrogen) atoms. The molecule has 0 fully saturated rings. The van der Waals surface area contributed by atoms with Gasteiger partial charge in [0.25, 0.3) is 0 Å². The van der Waals surface area contributed by atoms with Gasteiger partial charge in [0.15, 0.2) is 0 Å². The zero-order valence-electron chi connectivity index (χ0n) is 8.72. The number of aromatic nitrogens is 2. The Morgan fingerprint density at radius 2 is 1.93 bits per heavy atom. The molecule has 2 rings (SSSR count). The van der Waals surface area contributed by atoms with Crippen LogP contribution in [-0.4, -0.2) is 17.0 Å². The number of hydrogen-bond donors (Lipinski definition) is 1. The highest BCUT2D eigenvalue weighted by Crippen LogP contribution is 2.17. The summed E-state index contributed by atoms with van der Waals surface area (Å²) in [5.41, 5.74) is 3.56. The second kappa shape index (κ2) is 4.66. The molecule has 0 spiro atoms. The van der Waals surface area contributed by atoms with Gasteiger partial charge in [-0.2, -0.15) is 0 Å². The van der Waals surface area contributed by atoms with E-state index in [-0.39, 0.29) is 0 Å². The number of nitrogens with zero attached hydrogens (tertiary/aromatic N) is 2. The van der Waals surface area contributed by atoms with E-state index in [1.54, 1.807) is 6.33 Å². The van der Waals surface area contributed by atoms with Crippen molar-refractivity contribution < 1.29 is 5.32 Å². The molecule has 0 saturated carbocycles. The average molecular weight is 200 g/mol. The Balaban J connectivity index is 2.33. The second-order valence-corrected chi connectivity index (χ2v) is 3.44. The van der Waals surface area contributed by atoms with Gasteiger partial charge < -0.3 is 5.32 Å². The van der Waals surface area contributed by atoms with E-state index in [0.29, 0.717) is 0 Å². The van der Waals surface area contributed by atoms with Crippen LogP contribution in [0, 0.1) is 0 Å². The summed E-state index contributed by atoms with van der Waals surface area (Å²) in [7, 11) is 2.07. The summed E-state index contributed by atoms with van der Waals surface area (Å²) in [6.45, 7) is 1.00. The lowest BCUT2D eigenvalue weighted by Crippen LogP contribution is -2.77. The molecule has 2 N–H and O–H groups in total. The minimum absolute atomic E-state index is 1.00. The molecule has 0 aliphatic rings. The van der Waals surface area contributed by atoms with Gasteiger partial charge in [-0.1, -0.05) is 18.2 Å². The Hall–Kier alpha value is -1.74. The largest absolute Gasteiger partial charge is 0.345 e. The molecule has 0 aliphatic carbocycles. The van der Waals surface area contributed by atoms with Crippen molar-refractivity contribution in [2.45, 2.75) is 6.54 Å². The van der Waals surface area contributed by atoms with Crippen LogP contribution in [0.15, 0.2) is 43.0 Å². The van der Waals surface area contributed by atoms with Gasteiger partial charge in [-0.3, -0.25) is 0 Å². The molecule has 0 amide bonds. The molecule has 0 unspecified atom stereocenters. The molecule has 1 heterocycles. The third-order valence-electron chi connectivity index (χ3n) is 2.26. The topological polar surface area (TPSA) is 42.4 Å². The molecule has 2 aromatic rings. The molecule has 3 heteroatoms. The Kier molecular flexibility index (Phi) is 3.05. The SMILES string of the molecule is C[NH2+]Cc1cccc(-c2cncnc2)c1. The van der Waals surface area contributed by atoms with E-state index in [0.717, 1.165) is 12.1 Å². The molecule has 1 aromatic heterocycles. The van der Waals surface area contributed by atoms with Crippen LogP contribution < -0.4 is 5.32 Å². The summed E-state index contributed by atoms with van der Waals surface area (Å²) in [5, 5.41) is 2.15. The molecule has 76 valence electrons. The zero-order valence-corrected chi connectivity index (χ0v) is 8.72. The van der Waals surface area contributed by atoms with Gasteiger partial charge >= 0.3 is 0 Å². The van der Waals surface area contributed by atoms with Gasteiger partial charge in [0.1, 0.15) is 12.9 Å². The summed E-state index contributed by atoms with van der Waals surface area (Å²) in [4.78, 5) is 8.04. The smallest absolute Gasteiger partial charge is 0.115 e. The maximum Gasteiger partial charge on any atom is 0.115 e. The predicted molar refractivity (Wildman–Crippen MR) is 59.0 cm³/mol. The van der Waals surface area contributed by atoms with Gasteiger partial charge in [0.2, 0.25) is 0 Å². The van der Waals surface area contributed by atoms with Gasteiger partial charge in [-0.05, 0) is 11.6 Å². The van der Waals surface area contributed by atoms with Crippen molar-refractivity contribution >= 4 is 0 Å². The van der Waals surface area contributed by atoms with Crippen LogP contribution >= 0.6 is 0 Å². The van der Waals surface area contributed by atoms with E-state index < -0.39 is 0 Å². The highest BCUT2D eigenvalue weighted by Gasteiger charge is 1.99. The van der Waals surface area contributed by atoms with Crippen molar-refractivity contribution in [1.29, 1.82) is 0 Å². The third-order valence-corrected chi connectivity index (χ3v) is 2.26. The van der Waals surface area contributed by atoms with E-state index in [1.165, 1.54) is 11.1 Å². The van der Waals surface area contributed by atoms with Crippen LogP contribution in [0.5, 0.6) is 0 Å². The Bertz CT molecular complexity index is 426. The molecular weight excluding hydrogens is 186 g/mol. The molecule has 0 saturated heterocycles. The summed E-state index contributed by atoms with van der Waals surface area (Å²) in [6, 6.07) is 8.46. The Morgan fingerprint density at radius 1 is 1.13 bits per heavy atom. The number of quaternary nitrogens is 1. The minimum atomic E-state index is 1.00. The van der Waals surface area contributed by atoms with E-state index in [9.17, 15) is 0 Å². The van der Waals surface area contributed by atoms with Crippen molar-refractivity contribution in [2.24, 2.45) is 0 Å². The van der Waals surface area contributed by atoms with Crippen LogP contribution in [0.25, 0.3) is 11.1 Å². The number of rotatable bonds is 3. The van der Waals surface area contributed by atoms with Crippen molar-refractivity contribution in [3.05, 3.63) is 48.5 Å². The standard InChI is InChI=1S/C12H13N3/c1-13-6-10-3-2-4-11(5-10)12-7-14-9-15-8-12/h2-5,7-9,13H,6H2,1H3/p+1. The third kappa shape index (κ3) is 2.39. The van der Waals surface area contributed by atoms with Crippen LogP contribution in [0.1, 0.15) is 5.56 Å². The summed E-state index contributed by atoms with van der Waals surface area (Å²) in [5.74, 6) is 0. The van der Waals surface area contributed by atoms with Gasteiger partial charge in [0, 0.05) is 23.5 Å². The average Bonchev–Trinajstić information content (AvgIpc) is 2.31. The Labute approximate surface area is 89.2 Å². The minimum Gasteiger partial charge on any atom is -0.345 e. The molecular formula is C12H14N3+. The molecule has 0 atom stereocenters. The maximum atomic E-state index is 4.02. The quantitative estimate of drug-likeness (QED) is 0.797. The van der Waals surface area contributed by atoms with Gasteiger partial charge in [-0.25, -0.2) is 9.97 Å². The summed E-state index contributed by atoms with van der Waals surface area (Å²) in [6.07, 6.45) is 5.22. The lowest BCUT2D eigenvalue weighted by atomic mass is 10.1. The van der Waals surface area contributed by atoms with Crippen LogP contribution in [0.4, 0.5) is 0 Å². The van der Waals surface area contributed by atoms with Crippen molar-refractivity contribution in [3.63, 3.8) is 0 Å². The number of benzene rings is 1. The van der Waals surface area contributed by atoms with Crippen molar-refractivity contribution in [1.82, 2.24) is 9.97 Å². The van der Waals surface area contributed by atoms with Gasteiger partial charge in [-0.15, -0.1) is 0 Å². The lowest BCUT2D eigenvalue weighted by molar-refractivity contribution is -0.643. The fourth-order valence-corrected chi connectivity index (χ4v) is 1.56. The highest BCUT2D eigenvalue weighted by molar-refractivity contribution is 5.61. The van der Waals surface area contributed by atoms with Crippen LogP contribution in [0.3, 0.4) is 0 Å². The van der Waals surface area contributed by atoms with E-state index >= 15 is 0 Å². The first-order valence-electron chi connectivity index (χ1n) is 5.02. The molecule has 0 aliphatic heterocycles. The molecule has 0 radical (unpaired) electrons. The maximum absolute atomic E-state index is 4.02. The molecule has 1 aromatic carbocycles. The normalized spacial score (nSPS) is 10.2. The fourth-order valence-electron chi connectivity index (χ4n) is 1.56. The first kappa shape index (κ1) is 9.80. The fraction of sp³-hybridized carbons (Fsp3) is 0.167. The lowest BCUT2D eigenvalue weighted by Gasteiger charge is -2.02. The number of hydrogen-bond acceptors (Lipinski definition) is 2. The zero-order chi connectivity index (χ0) is 10.5. The first-order chi connectivity index (χ1) is 7.40. The highest BCUT2D eigenvalue weighted by atomic mass is 14.8.